The Labute approximate surface area is 182 Å². The lowest BCUT2D eigenvalue weighted by molar-refractivity contribution is 0.500. The number of hydrogen-bond donors (Lipinski definition) is 1. The molecule has 3 aromatic carbocycles. The molecule has 0 saturated heterocycles. The highest BCUT2D eigenvalue weighted by molar-refractivity contribution is 7.74. The lowest BCUT2D eigenvalue weighted by Gasteiger charge is -2.28. The minimum Gasteiger partial charge on any atom is -0.374 e. The molecule has 156 valence electrons. The number of fused-ring (bicyclic) bond motifs is 6. The zero-order chi connectivity index (χ0) is 21.5. The summed E-state index contributed by atoms with van der Waals surface area (Å²) in [6.07, 6.45) is 1.62. The molecule has 1 unspecified atom stereocenters. The molecule has 0 amide bonds. The summed E-state index contributed by atoms with van der Waals surface area (Å²) >= 11 is 0. The predicted molar refractivity (Wildman–Crippen MR) is 127 cm³/mol. The maximum absolute atomic E-state index is 14.4. The Morgan fingerprint density at radius 3 is 2.58 bits per heavy atom. The third-order valence-corrected chi connectivity index (χ3v) is 9.53. The van der Waals surface area contributed by atoms with Crippen LogP contribution in [0.25, 0.3) is 5.57 Å². The van der Waals surface area contributed by atoms with Crippen molar-refractivity contribution < 1.29 is 9.46 Å². The van der Waals surface area contributed by atoms with Gasteiger partial charge in [0.05, 0.1) is 10.6 Å². The highest BCUT2D eigenvalue weighted by Gasteiger charge is 2.42. The summed E-state index contributed by atoms with van der Waals surface area (Å²) in [5.74, 6) is 0. The van der Waals surface area contributed by atoms with Gasteiger partial charge in [0.15, 0.2) is 0 Å². The van der Waals surface area contributed by atoms with E-state index in [2.05, 4.69) is 79.0 Å². The summed E-state index contributed by atoms with van der Waals surface area (Å²) in [7, 11) is 0.382. The van der Waals surface area contributed by atoms with Crippen LogP contribution in [0.1, 0.15) is 27.8 Å². The normalized spacial score (nSPS) is 21.1. The molecular weight excluding hydrogens is 403 g/mol. The van der Waals surface area contributed by atoms with E-state index in [1.54, 1.807) is 0 Å². The van der Waals surface area contributed by atoms with Crippen molar-refractivity contribution in [2.75, 3.05) is 32.1 Å². The Morgan fingerprint density at radius 1 is 0.968 bits per heavy atom. The Bertz CT molecular complexity index is 1470. The maximum Gasteiger partial charge on any atom is 0.260 e. The van der Waals surface area contributed by atoms with Gasteiger partial charge in [0.2, 0.25) is 5.36 Å². The lowest BCUT2D eigenvalue weighted by Crippen LogP contribution is -2.43. The minimum atomic E-state index is -3.75. The van der Waals surface area contributed by atoms with Gasteiger partial charge in [-0.3, -0.25) is 4.57 Å². The summed E-state index contributed by atoms with van der Waals surface area (Å²) in [6, 6.07) is 16.8. The number of hydrogen-bond acceptors (Lipinski definition) is 2. The second-order valence-corrected chi connectivity index (χ2v) is 11.1. The highest BCUT2D eigenvalue weighted by atomic mass is 31.2. The van der Waals surface area contributed by atoms with E-state index in [1.165, 1.54) is 5.56 Å². The van der Waals surface area contributed by atoms with E-state index >= 15 is 0 Å². The Kier molecular flexibility index (Phi) is 3.94. The van der Waals surface area contributed by atoms with Gasteiger partial charge in [-0.15, -0.1) is 0 Å². The minimum absolute atomic E-state index is 0.669. The Hall–Kier alpha value is -2.68. The highest BCUT2D eigenvalue weighted by Crippen LogP contribution is 2.47. The standard InChI is InChI=1S/C26H25N2O2P/c1-16-6-4-5-7-17(16)24-20-8-10-22-18(12-14-27(22)2)25(20)31(29,30)26-19-13-15-28(3)23(19)11-9-21(24)26/h4-11H,12-15H2,1-3H3/p+1. The molecule has 0 aliphatic carbocycles. The molecule has 0 radical (unpaired) electrons. The van der Waals surface area contributed by atoms with Crippen LogP contribution in [0.3, 0.4) is 0 Å². The fraction of sp³-hybridized carbons (Fsp3) is 0.269. The van der Waals surface area contributed by atoms with Crippen LogP contribution in [-0.4, -0.2) is 32.1 Å². The van der Waals surface area contributed by atoms with Crippen molar-refractivity contribution in [1.29, 1.82) is 0 Å². The second-order valence-electron chi connectivity index (χ2n) is 9.03. The van der Waals surface area contributed by atoms with Crippen LogP contribution in [0.4, 0.5) is 5.69 Å². The van der Waals surface area contributed by atoms with Gasteiger partial charge in [-0.1, -0.05) is 30.3 Å². The van der Waals surface area contributed by atoms with Gasteiger partial charge in [0, 0.05) is 37.3 Å². The number of aryl methyl sites for hydroxylation is 1. The molecule has 0 bridgehead atoms. The average Bonchev–Trinajstić information content (AvgIpc) is 3.31. The maximum atomic E-state index is 14.4. The molecule has 0 fully saturated rings. The first-order chi connectivity index (χ1) is 14.9. The number of rotatable bonds is 1. The Morgan fingerprint density at radius 2 is 1.77 bits per heavy atom. The predicted octanol–water partition coefficient (Wildman–Crippen LogP) is 1.45. The first kappa shape index (κ1) is 19.0. The van der Waals surface area contributed by atoms with Crippen LogP contribution in [0.15, 0.2) is 48.5 Å². The van der Waals surface area contributed by atoms with Gasteiger partial charge in [-0.25, -0.2) is 4.58 Å². The molecule has 1 N–H and O–H groups in total. The zero-order valence-electron chi connectivity index (χ0n) is 18.1. The molecule has 5 heteroatoms. The number of anilines is 1. The molecule has 6 rings (SSSR count). The molecule has 0 saturated carbocycles. The van der Waals surface area contributed by atoms with Crippen LogP contribution in [0, 0.1) is 6.92 Å². The molecule has 31 heavy (non-hydrogen) atoms. The van der Waals surface area contributed by atoms with Crippen LogP contribution in [-0.2, 0) is 17.4 Å². The quantitative estimate of drug-likeness (QED) is 0.471. The van der Waals surface area contributed by atoms with Crippen molar-refractivity contribution in [2.45, 2.75) is 19.8 Å². The van der Waals surface area contributed by atoms with Crippen LogP contribution < -0.4 is 30.7 Å². The molecule has 1 atom stereocenters. The molecule has 3 aliphatic heterocycles. The summed E-state index contributed by atoms with van der Waals surface area (Å²) in [5, 5.41) is 3.35. The third-order valence-electron chi connectivity index (χ3n) is 7.29. The number of likely N-dealkylation sites (N-methyl/N-ethyl adjacent to an activating group) is 2. The molecule has 0 spiro atoms. The smallest absolute Gasteiger partial charge is 0.260 e. The van der Waals surface area contributed by atoms with Crippen molar-refractivity contribution in [3.63, 3.8) is 0 Å². The molecule has 4 nitrogen and oxygen atoms in total. The zero-order valence-corrected chi connectivity index (χ0v) is 19.0. The monoisotopic (exact) mass is 429 g/mol. The summed E-state index contributed by atoms with van der Waals surface area (Å²) < 4.78 is 16.6. The lowest BCUT2D eigenvalue weighted by atomic mass is 9.90. The number of benzene rings is 3. The van der Waals surface area contributed by atoms with E-state index in [-0.39, 0.29) is 0 Å². The molecule has 0 aromatic heterocycles. The molecule has 3 aromatic rings. The molecule has 3 heterocycles. The topological polar surface area (TPSA) is 43.5 Å². The van der Waals surface area contributed by atoms with E-state index in [4.69, 9.17) is 0 Å². The second kappa shape index (κ2) is 6.41. The van der Waals surface area contributed by atoms with E-state index in [9.17, 15) is 9.46 Å². The summed E-state index contributed by atoms with van der Waals surface area (Å²) in [6.45, 7) is 3.89. The third kappa shape index (κ3) is 2.46. The average molecular weight is 429 g/mol. The van der Waals surface area contributed by atoms with Crippen LogP contribution >= 0.6 is 7.37 Å². The SMILES string of the molecule is Cc1ccccc1C1=c2ccc3c(c2P(=O)(O)c2c1ccc1c2CCN1C)CC[N+]=3C. The van der Waals surface area contributed by atoms with E-state index in [0.717, 1.165) is 70.0 Å². The van der Waals surface area contributed by atoms with Crippen LogP contribution in [0.2, 0.25) is 0 Å². The van der Waals surface area contributed by atoms with Crippen molar-refractivity contribution in [2.24, 2.45) is 0 Å². The largest absolute Gasteiger partial charge is 0.374 e. The van der Waals surface area contributed by atoms with Gasteiger partial charge in [0.25, 0.3) is 7.37 Å². The van der Waals surface area contributed by atoms with Crippen molar-refractivity contribution in [3.8, 4) is 0 Å². The van der Waals surface area contributed by atoms with Gasteiger partial charge in [0.1, 0.15) is 13.6 Å². The van der Waals surface area contributed by atoms with Crippen molar-refractivity contribution in [1.82, 2.24) is 4.58 Å². The van der Waals surface area contributed by atoms with Gasteiger partial charge in [-0.2, -0.15) is 0 Å². The van der Waals surface area contributed by atoms with Crippen LogP contribution in [0.5, 0.6) is 0 Å². The first-order valence-corrected chi connectivity index (χ1v) is 12.6. The van der Waals surface area contributed by atoms with E-state index < -0.39 is 7.37 Å². The van der Waals surface area contributed by atoms with Crippen molar-refractivity contribution >= 4 is 29.2 Å². The van der Waals surface area contributed by atoms with E-state index in [1.807, 2.05) is 0 Å². The number of nitrogens with zero attached hydrogens (tertiary/aromatic N) is 2. The van der Waals surface area contributed by atoms with Gasteiger partial charge in [-0.05, 0) is 58.5 Å². The Balaban J connectivity index is 1.85. The van der Waals surface area contributed by atoms with Gasteiger partial charge < -0.3 is 9.79 Å². The summed E-state index contributed by atoms with van der Waals surface area (Å²) in [4.78, 5) is 14.0. The van der Waals surface area contributed by atoms with Crippen molar-refractivity contribution in [3.05, 3.63) is 86.9 Å². The molecular formula is C26H26N2O2P+. The van der Waals surface area contributed by atoms with Gasteiger partial charge >= 0.3 is 0 Å². The van der Waals surface area contributed by atoms with E-state index in [0.29, 0.717) is 10.6 Å². The summed E-state index contributed by atoms with van der Waals surface area (Å²) in [5.41, 5.74) is 7.52. The fourth-order valence-electron chi connectivity index (χ4n) is 5.76. The fourth-order valence-corrected chi connectivity index (χ4v) is 8.19. The first-order valence-electron chi connectivity index (χ1n) is 10.9. The molecule has 3 aliphatic rings.